The average molecular weight is 632 g/mol. The molecule has 1 amide bonds. The van der Waals surface area contributed by atoms with Crippen LogP contribution in [0.4, 0.5) is 13.2 Å². The van der Waals surface area contributed by atoms with Gasteiger partial charge in [0.15, 0.2) is 11.5 Å². The fourth-order valence-corrected chi connectivity index (χ4v) is 6.62. The minimum Gasteiger partial charge on any atom is -0.481 e. The van der Waals surface area contributed by atoms with E-state index in [0.717, 1.165) is 41.5 Å². The third kappa shape index (κ3) is 6.93. The van der Waals surface area contributed by atoms with Crippen molar-refractivity contribution in [2.45, 2.75) is 84.4 Å². The molecule has 0 unspecified atom stereocenters. The highest BCUT2D eigenvalue weighted by Crippen LogP contribution is 2.44. The molecule has 2 heterocycles. The highest BCUT2D eigenvalue weighted by atomic mass is 35.5. The summed E-state index contributed by atoms with van der Waals surface area (Å²) in [6.07, 6.45) is 2.45. The van der Waals surface area contributed by atoms with Crippen LogP contribution in [-0.4, -0.2) is 55.5 Å². The van der Waals surface area contributed by atoms with Crippen LogP contribution in [-0.2, 0) is 11.0 Å². The number of aromatic nitrogens is 3. The molecule has 42 heavy (non-hydrogen) atoms. The Morgan fingerprint density at radius 2 is 1.57 bits per heavy atom. The van der Waals surface area contributed by atoms with Crippen LogP contribution in [0.3, 0.4) is 0 Å². The predicted molar refractivity (Wildman–Crippen MR) is 151 cm³/mol. The van der Waals surface area contributed by atoms with Gasteiger partial charge in [-0.25, -0.2) is 0 Å². The maximum atomic E-state index is 14.5. The number of amides is 1. The first-order valence-electron chi connectivity index (χ1n) is 14.0. The molecule has 2 aliphatic carbocycles. The zero-order chi connectivity index (χ0) is 31.0. The van der Waals surface area contributed by atoms with Gasteiger partial charge in [0.1, 0.15) is 0 Å². The van der Waals surface area contributed by atoms with Crippen LogP contribution in [0.15, 0.2) is 18.6 Å². The lowest BCUT2D eigenvalue weighted by Crippen LogP contribution is -2.41. The molecule has 2 fully saturated rings. The fourth-order valence-electron chi connectivity index (χ4n) is 6.05. The quantitative estimate of drug-likeness (QED) is 0.306. The molecule has 2 aromatic heterocycles. The van der Waals surface area contributed by atoms with Gasteiger partial charge in [-0.1, -0.05) is 37.0 Å². The number of ketones is 1. The number of carbonyl (C=O) groups excluding carboxylic acids is 2. The number of hydrogen-bond acceptors (Lipinski definition) is 5. The third-order valence-corrected chi connectivity index (χ3v) is 9.48. The maximum Gasteiger partial charge on any atom is 0.433 e. The van der Waals surface area contributed by atoms with Gasteiger partial charge in [-0.15, -0.1) is 0 Å². The Morgan fingerprint density at radius 3 is 2.10 bits per heavy atom. The number of rotatable bonds is 8. The van der Waals surface area contributed by atoms with Gasteiger partial charge in [-0.2, -0.15) is 18.3 Å². The van der Waals surface area contributed by atoms with Gasteiger partial charge in [0.25, 0.3) is 5.91 Å². The SMILES string of the molecule is CC1(C)CCC(CN(CC(=O)c2c(Cl)cncc2Cl)C(=O)c2cnn(C3CCC(C)(C(=O)O)CC3)c2C(F)(F)F)CC1. The zero-order valence-electron chi connectivity index (χ0n) is 23.8. The fraction of sp³-hybridized carbons (Fsp3) is 0.621. The van der Waals surface area contributed by atoms with Gasteiger partial charge in [0, 0.05) is 18.9 Å². The Balaban J connectivity index is 1.66. The summed E-state index contributed by atoms with van der Waals surface area (Å²) in [6, 6.07) is -0.722. The highest BCUT2D eigenvalue weighted by Gasteiger charge is 2.45. The van der Waals surface area contributed by atoms with Crippen molar-refractivity contribution < 1.29 is 32.7 Å². The minimum absolute atomic E-state index is 0.00502. The van der Waals surface area contributed by atoms with Crippen molar-refractivity contribution in [3.63, 3.8) is 0 Å². The van der Waals surface area contributed by atoms with E-state index in [1.165, 1.54) is 12.4 Å². The predicted octanol–water partition coefficient (Wildman–Crippen LogP) is 7.35. The van der Waals surface area contributed by atoms with E-state index in [-0.39, 0.29) is 59.2 Å². The second kappa shape index (κ2) is 12.1. The number of aliphatic carboxylic acids is 1. The Bertz CT molecular complexity index is 1320. The van der Waals surface area contributed by atoms with Crippen molar-refractivity contribution in [1.29, 1.82) is 0 Å². The van der Waals surface area contributed by atoms with Crippen molar-refractivity contribution in [2.75, 3.05) is 13.1 Å². The second-order valence-corrected chi connectivity index (χ2v) is 13.5. The van der Waals surface area contributed by atoms with Gasteiger partial charge < -0.3 is 10.0 Å². The Hall–Kier alpha value is -2.66. The van der Waals surface area contributed by atoms with Crippen molar-refractivity contribution in [3.05, 3.63) is 45.5 Å². The van der Waals surface area contributed by atoms with Crippen LogP contribution in [0.5, 0.6) is 0 Å². The molecule has 230 valence electrons. The van der Waals surface area contributed by atoms with Crippen molar-refractivity contribution >= 4 is 40.9 Å². The molecule has 0 bridgehead atoms. The smallest absolute Gasteiger partial charge is 0.433 e. The number of carbonyl (C=O) groups is 3. The molecule has 2 aromatic rings. The van der Waals surface area contributed by atoms with Crippen molar-refractivity contribution in [1.82, 2.24) is 19.7 Å². The average Bonchev–Trinajstić information content (AvgIpc) is 3.35. The number of halogens is 5. The number of pyridine rings is 1. The summed E-state index contributed by atoms with van der Waals surface area (Å²) in [5.74, 6) is -2.57. The summed E-state index contributed by atoms with van der Waals surface area (Å²) in [6.45, 7) is 5.44. The van der Waals surface area contributed by atoms with E-state index in [4.69, 9.17) is 23.2 Å². The number of carboxylic acid groups (broad SMARTS) is 1. The summed E-state index contributed by atoms with van der Waals surface area (Å²) in [7, 11) is 0. The monoisotopic (exact) mass is 630 g/mol. The molecular weight excluding hydrogens is 596 g/mol. The molecule has 0 radical (unpaired) electrons. The number of alkyl halides is 3. The molecule has 2 saturated carbocycles. The van der Waals surface area contributed by atoms with E-state index in [9.17, 15) is 32.7 Å². The summed E-state index contributed by atoms with van der Waals surface area (Å²) >= 11 is 12.3. The third-order valence-electron chi connectivity index (χ3n) is 8.91. The molecule has 0 aromatic carbocycles. The molecule has 1 N–H and O–H groups in total. The normalized spacial score (nSPS) is 23.0. The maximum absolute atomic E-state index is 14.5. The highest BCUT2D eigenvalue weighted by molar-refractivity contribution is 6.39. The van der Waals surface area contributed by atoms with Crippen LogP contribution in [0.1, 0.15) is 105 Å². The van der Waals surface area contributed by atoms with Crippen molar-refractivity contribution in [2.24, 2.45) is 16.7 Å². The molecule has 0 aliphatic heterocycles. The number of Topliss-reactive ketones (excluding diaryl/α,β-unsaturated/α-hetero) is 1. The molecule has 0 spiro atoms. The lowest BCUT2D eigenvalue weighted by molar-refractivity contribution is -0.152. The minimum atomic E-state index is -4.92. The first kappa shape index (κ1) is 32.3. The van der Waals surface area contributed by atoms with Gasteiger partial charge in [0.2, 0.25) is 0 Å². The molecule has 2 aliphatic rings. The second-order valence-electron chi connectivity index (χ2n) is 12.6. The zero-order valence-corrected chi connectivity index (χ0v) is 25.3. The summed E-state index contributed by atoms with van der Waals surface area (Å²) < 4.78 is 44.4. The first-order valence-corrected chi connectivity index (χ1v) is 14.8. The first-order chi connectivity index (χ1) is 19.5. The van der Waals surface area contributed by atoms with Crippen molar-refractivity contribution in [3.8, 4) is 0 Å². The standard InChI is InChI=1S/C29H35Cl2F3N4O4/c1-27(2)8-4-17(5-9-27)15-37(16-22(39)23-20(30)13-35-14-21(23)31)25(40)19-12-36-38(24(19)29(32,33)34)18-6-10-28(3,11-7-18)26(41)42/h12-14,17-18H,4-11,15-16H2,1-3H3,(H,41,42). The largest absolute Gasteiger partial charge is 0.481 e. The molecular formula is C29H35Cl2F3N4O4. The Kier molecular flexibility index (Phi) is 9.33. The number of carboxylic acids is 1. The lowest BCUT2D eigenvalue weighted by atomic mass is 9.73. The topological polar surface area (TPSA) is 105 Å². The molecule has 8 nitrogen and oxygen atoms in total. The van der Waals surface area contributed by atoms with Gasteiger partial charge in [-0.05, 0) is 69.6 Å². The van der Waals surface area contributed by atoms with Crippen LogP contribution in [0, 0.1) is 16.7 Å². The number of nitrogens with zero attached hydrogens (tertiary/aromatic N) is 4. The van der Waals surface area contributed by atoms with Crippen LogP contribution in [0.25, 0.3) is 0 Å². The van der Waals surface area contributed by atoms with E-state index >= 15 is 0 Å². The van der Waals surface area contributed by atoms with E-state index < -0.39 is 53.1 Å². The molecule has 0 atom stereocenters. The van der Waals surface area contributed by atoms with Crippen LogP contribution in [0.2, 0.25) is 10.0 Å². The molecule has 0 saturated heterocycles. The van der Waals surface area contributed by atoms with Crippen LogP contribution < -0.4 is 0 Å². The van der Waals surface area contributed by atoms with E-state index in [1.807, 2.05) is 0 Å². The number of hydrogen-bond donors (Lipinski definition) is 1. The molecule has 4 rings (SSSR count). The van der Waals surface area contributed by atoms with Gasteiger partial charge in [-0.3, -0.25) is 24.0 Å². The van der Waals surface area contributed by atoms with Gasteiger partial charge in [0.05, 0.1) is 45.4 Å². The summed E-state index contributed by atoms with van der Waals surface area (Å²) in [5.41, 5.74) is -2.79. The summed E-state index contributed by atoms with van der Waals surface area (Å²) in [5, 5.41) is 13.5. The van der Waals surface area contributed by atoms with E-state index in [1.54, 1.807) is 6.92 Å². The van der Waals surface area contributed by atoms with Gasteiger partial charge >= 0.3 is 12.1 Å². The Morgan fingerprint density at radius 1 is 1.00 bits per heavy atom. The summed E-state index contributed by atoms with van der Waals surface area (Å²) in [4.78, 5) is 43.9. The Labute approximate surface area is 252 Å². The van der Waals surface area contributed by atoms with E-state index in [2.05, 4.69) is 23.9 Å². The van der Waals surface area contributed by atoms with Crippen LogP contribution >= 0.6 is 23.2 Å². The van der Waals surface area contributed by atoms with E-state index in [0.29, 0.717) is 0 Å². The molecule has 13 heteroatoms. The lowest BCUT2D eigenvalue weighted by Gasteiger charge is -2.36.